The van der Waals surface area contributed by atoms with Crippen LogP contribution in [0.1, 0.15) is 15.9 Å². The molecule has 0 saturated carbocycles. The molecule has 0 fully saturated rings. The van der Waals surface area contributed by atoms with E-state index in [9.17, 15) is 9.59 Å². The van der Waals surface area contributed by atoms with E-state index in [1.54, 1.807) is 37.4 Å². The van der Waals surface area contributed by atoms with Gasteiger partial charge in [0.25, 0.3) is 5.91 Å². The van der Waals surface area contributed by atoms with Gasteiger partial charge in [-0.25, -0.2) is 4.79 Å². The zero-order valence-electron chi connectivity index (χ0n) is 15.4. The number of nitrogens with one attached hydrogen (secondary N) is 2. The van der Waals surface area contributed by atoms with E-state index >= 15 is 0 Å². The van der Waals surface area contributed by atoms with Crippen LogP contribution < -0.4 is 10.6 Å². The van der Waals surface area contributed by atoms with Gasteiger partial charge >= 0.3 is 6.03 Å². The Morgan fingerprint density at radius 3 is 2.11 bits per heavy atom. The molecular formula is C22H20ClN3O2. The summed E-state index contributed by atoms with van der Waals surface area (Å²) in [7, 11) is 1.69. The van der Waals surface area contributed by atoms with Gasteiger partial charge in [0, 0.05) is 35.6 Å². The molecule has 0 aliphatic heterocycles. The lowest BCUT2D eigenvalue weighted by atomic mass is 10.2. The van der Waals surface area contributed by atoms with E-state index in [-0.39, 0.29) is 11.9 Å². The second-order valence-corrected chi connectivity index (χ2v) is 6.68. The third-order valence-corrected chi connectivity index (χ3v) is 4.51. The third kappa shape index (κ3) is 5.11. The van der Waals surface area contributed by atoms with Crippen molar-refractivity contribution in [3.63, 3.8) is 0 Å². The second kappa shape index (κ2) is 9.06. The minimum atomic E-state index is -0.263. The largest absolute Gasteiger partial charge is 0.323 e. The van der Waals surface area contributed by atoms with Crippen LogP contribution >= 0.6 is 11.6 Å². The molecule has 0 spiro atoms. The summed E-state index contributed by atoms with van der Waals surface area (Å²) in [6.45, 7) is 0.392. The van der Waals surface area contributed by atoms with Crippen molar-refractivity contribution in [2.75, 3.05) is 17.7 Å². The van der Waals surface area contributed by atoms with Gasteiger partial charge in [0.1, 0.15) is 0 Å². The van der Waals surface area contributed by atoms with Crippen molar-refractivity contribution >= 4 is 34.9 Å². The number of rotatable bonds is 5. The first-order valence-corrected chi connectivity index (χ1v) is 9.13. The van der Waals surface area contributed by atoms with Crippen LogP contribution in [0.5, 0.6) is 0 Å². The summed E-state index contributed by atoms with van der Waals surface area (Å²) in [6, 6.07) is 23.1. The molecule has 5 nitrogen and oxygen atoms in total. The standard InChI is InChI=1S/C22H20ClN3O2/c1-26(15-17-7-5-6-10-20(17)23)22(28)25-19-13-11-16(12-14-19)21(27)24-18-8-3-2-4-9-18/h2-14H,15H2,1H3,(H,24,27)(H,25,28). The van der Waals surface area contributed by atoms with Crippen LogP contribution in [0.4, 0.5) is 16.2 Å². The van der Waals surface area contributed by atoms with E-state index in [1.165, 1.54) is 4.90 Å². The highest BCUT2D eigenvalue weighted by Gasteiger charge is 2.12. The van der Waals surface area contributed by atoms with E-state index in [0.29, 0.717) is 22.8 Å². The number of urea groups is 1. The number of carbonyl (C=O) groups excluding carboxylic acids is 2. The molecule has 2 N–H and O–H groups in total. The molecule has 0 unspecified atom stereocenters. The molecule has 3 rings (SSSR count). The number of hydrogen-bond donors (Lipinski definition) is 2. The molecule has 0 radical (unpaired) electrons. The molecule has 0 atom stereocenters. The van der Waals surface area contributed by atoms with Crippen molar-refractivity contribution in [2.24, 2.45) is 0 Å². The summed E-state index contributed by atoms with van der Waals surface area (Å²) in [6.07, 6.45) is 0. The lowest BCUT2D eigenvalue weighted by Crippen LogP contribution is -2.30. The Hall–Kier alpha value is -3.31. The normalized spacial score (nSPS) is 10.2. The molecule has 0 saturated heterocycles. The molecule has 0 heterocycles. The number of nitrogens with zero attached hydrogens (tertiary/aromatic N) is 1. The van der Waals surface area contributed by atoms with Gasteiger partial charge in [0.2, 0.25) is 0 Å². The third-order valence-electron chi connectivity index (χ3n) is 4.14. The maximum Gasteiger partial charge on any atom is 0.321 e. The van der Waals surface area contributed by atoms with E-state index in [2.05, 4.69) is 10.6 Å². The van der Waals surface area contributed by atoms with Gasteiger partial charge in [-0.3, -0.25) is 4.79 Å². The highest BCUT2D eigenvalue weighted by molar-refractivity contribution is 6.31. The quantitative estimate of drug-likeness (QED) is 0.621. The Morgan fingerprint density at radius 1 is 0.821 bits per heavy atom. The van der Waals surface area contributed by atoms with E-state index in [0.717, 1.165) is 11.3 Å². The number of carbonyl (C=O) groups is 2. The van der Waals surface area contributed by atoms with Crippen LogP contribution in [0.2, 0.25) is 5.02 Å². The maximum atomic E-state index is 12.4. The van der Waals surface area contributed by atoms with Crippen LogP contribution in [0.15, 0.2) is 78.9 Å². The molecule has 0 bridgehead atoms. The Morgan fingerprint density at radius 2 is 1.43 bits per heavy atom. The average molecular weight is 394 g/mol. The SMILES string of the molecule is CN(Cc1ccccc1Cl)C(=O)Nc1ccc(C(=O)Nc2ccccc2)cc1. The topological polar surface area (TPSA) is 61.4 Å². The molecule has 3 aromatic rings. The highest BCUT2D eigenvalue weighted by Crippen LogP contribution is 2.17. The summed E-state index contributed by atoms with van der Waals surface area (Å²) in [4.78, 5) is 26.2. The van der Waals surface area contributed by atoms with Gasteiger partial charge in [-0.05, 0) is 48.0 Å². The van der Waals surface area contributed by atoms with E-state index < -0.39 is 0 Å². The number of anilines is 2. The highest BCUT2D eigenvalue weighted by atomic mass is 35.5. The molecule has 0 aliphatic carbocycles. The van der Waals surface area contributed by atoms with Gasteiger partial charge < -0.3 is 15.5 Å². The van der Waals surface area contributed by atoms with Crippen LogP contribution in [-0.2, 0) is 6.54 Å². The lowest BCUT2D eigenvalue weighted by molar-refractivity contribution is 0.102. The Balaban J connectivity index is 1.58. The number of halogens is 1. The molecule has 28 heavy (non-hydrogen) atoms. The van der Waals surface area contributed by atoms with E-state index in [1.807, 2.05) is 48.5 Å². The molecular weight excluding hydrogens is 374 g/mol. The number of hydrogen-bond acceptors (Lipinski definition) is 2. The fourth-order valence-electron chi connectivity index (χ4n) is 2.60. The molecule has 3 amide bonds. The van der Waals surface area contributed by atoms with Crippen molar-refractivity contribution < 1.29 is 9.59 Å². The zero-order valence-corrected chi connectivity index (χ0v) is 16.1. The van der Waals surface area contributed by atoms with Gasteiger partial charge in [0.05, 0.1) is 0 Å². The fraction of sp³-hybridized carbons (Fsp3) is 0.0909. The Kier molecular flexibility index (Phi) is 6.29. The van der Waals surface area contributed by atoms with Crippen molar-refractivity contribution in [3.05, 3.63) is 95.0 Å². The molecule has 3 aromatic carbocycles. The van der Waals surface area contributed by atoms with Crippen molar-refractivity contribution in [1.82, 2.24) is 4.90 Å². The average Bonchev–Trinajstić information content (AvgIpc) is 2.71. The smallest absolute Gasteiger partial charge is 0.321 e. The predicted molar refractivity (Wildman–Crippen MR) is 113 cm³/mol. The summed E-state index contributed by atoms with van der Waals surface area (Å²) in [5.41, 5.74) is 2.71. The van der Waals surface area contributed by atoms with Crippen molar-refractivity contribution in [1.29, 1.82) is 0 Å². The van der Waals surface area contributed by atoms with Crippen molar-refractivity contribution in [2.45, 2.75) is 6.54 Å². The van der Waals surface area contributed by atoms with Crippen LogP contribution in [-0.4, -0.2) is 23.9 Å². The zero-order chi connectivity index (χ0) is 19.9. The van der Waals surface area contributed by atoms with Crippen LogP contribution in [0, 0.1) is 0 Å². The first-order chi connectivity index (χ1) is 13.5. The number of amides is 3. The van der Waals surface area contributed by atoms with Gasteiger partial charge in [-0.1, -0.05) is 48.0 Å². The summed E-state index contributed by atoms with van der Waals surface area (Å²) >= 11 is 6.14. The second-order valence-electron chi connectivity index (χ2n) is 6.28. The van der Waals surface area contributed by atoms with Crippen LogP contribution in [0.25, 0.3) is 0 Å². The summed E-state index contributed by atoms with van der Waals surface area (Å²) < 4.78 is 0. The van der Waals surface area contributed by atoms with Gasteiger partial charge in [-0.15, -0.1) is 0 Å². The van der Waals surface area contributed by atoms with Gasteiger partial charge in [-0.2, -0.15) is 0 Å². The summed E-state index contributed by atoms with van der Waals surface area (Å²) in [5, 5.41) is 6.25. The predicted octanol–water partition coefficient (Wildman–Crippen LogP) is 5.26. The van der Waals surface area contributed by atoms with E-state index in [4.69, 9.17) is 11.6 Å². The minimum absolute atomic E-state index is 0.208. The minimum Gasteiger partial charge on any atom is -0.323 e. The maximum absolute atomic E-state index is 12.4. The molecule has 142 valence electrons. The molecule has 0 aromatic heterocycles. The molecule has 6 heteroatoms. The Bertz CT molecular complexity index is 959. The van der Waals surface area contributed by atoms with Crippen molar-refractivity contribution in [3.8, 4) is 0 Å². The fourth-order valence-corrected chi connectivity index (χ4v) is 2.80. The van der Waals surface area contributed by atoms with Gasteiger partial charge in [0.15, 0.2) is 0 Å². The summed E-state index contributed by atoms with van der Waals surface area (Å²) in [5.74, 6) is -0.208. The Labute approximate surface area is 168 Å². The number of para-hydroxylation sites is 1. The lowest BCUT2D eigenvalue weighted by Gasteiger charge is -2.19. The monoisotopic (exact) mass is 393 g/mol. The van der Waals surface area contributed by atoms with Crippen LogP contribution in [0.3, 0.4) is 0 Å². The number of benzene rings is 3. The first kappa shape index (κ1) is 19.5. The first-order valence-electron chi connectivity index (χ1n) is 8.75. The molecule has 0 aliphatic rings.